The molecule has 0 spiro atoms. The van der Waals surface area contributed by atoms with Crippen molar-refractivity contribution < 1.29 is 4.84 Å². The molecule has 0 aromatic carbocycles. The van der Waals surface area contributed by atoms with Crippen LogP contribution in [-0.4, -0.2) is 0 Å². The second-order valence-electron chi connectivity index (χ2n) is 1.63. The lowest BCUT2D eigenvalue weighted by molar-refractivity contribution is 0.233. The van der Waals surface area contributed by atoms with Crippen LogP contribution in [0, 0.1) is 0 Å². The zero-order valence-corrected chi connectivity index (χ0v) is 5.92. The Kier molecular flexibility index (Phi) is 4.92. The molecular formula is C7H13NO. The van der Waals surface area contributed by atoms with Crippen molar-refractivity contribution >= 4 is 0 Å². The number of hydrogen-bond donors (Lipinski definition) is 1. The highest BCUT2D eigenvalue weighted by Gasteiger charge is 1.84. The quantitative estimate of drug-likeness (QED) is 0.356. The van der Waals surface area contributed by atoms with Gasteiger partial charge >= 0.3 is 0 Å². The minimum Gasteiger partial charge on any atom is -0.412 e. The standard InChI is InChI=1S/C7H13NO/c1-3-5-7(9-8)6-4-2/h3,5-6H,4,8H2,1-2H3/b5-3-,7-6+. The van der Waals surface area contributed by atoms with Gasteiger partial charge in [-0.3, -0.25) is 0 Å². The molecular weight excluding hydrogens is 114 g/mol. The van der Waals surface area contributed by atoms with Crippen LogP contribution in [0.3, 0.4) is 0 Å². The molecule has 0 aromatic heterocycles. The minimum absolute atomic E-state index is 0.722. The van der Waals surface area contributed by atoms with Gasteiger partial charge in [0.15, 0.2) is 0 Å². The Hall–Kier alpha value is -0.760. The van der Waals surface area contributed by atoms with E-state index in [0.717, 1.165) is 12.2 Å². The topological polar surface area (TPSA) is 35.2 Å². The van der Waals surface area contributed by atoms with Gasteiger partial charge in [0, 0.05) is 0 Å². The van der Waals surface area contributed by atoms with E-state index in [1.165, 1.54) is 0 Å². The Balaban J connectivity index is 3.81. The van der Waals surface area contributed by atoms with Crippen molar-refractivity contribution in [2.45, 2.75) is 20.3 Å². The van der Waals surface area contributed by atoms with E-state index in [9.17, 15) is 0 Å². The highest BCUT2D eigenvalue weighted by molar-refractivity contribution is 5.10. The largest absolute Gasteiger partial charge is 0.412 e. The maximum Gasteiger partial charge on any atom is 0.142 e. The maximum atomic E-state index is 4.93. The van der Waals surface area contributed by atoms with Gasteiger partial charge in [-0.25, -0.2) is 0 Å². The number of rotatable bonds is 3. The molecule has 2 N–H and O–H groups in total. The number of hydrogen-bond acceptors (Lipinski definition) is 2. The van der Waals surface area contributed by atoms with Crippen LogP contribution in [0.5, 0.6) is 0 Å². The first-order chi connectivity index (χ1) is 4.35. The third kappa shape index (κ3) is 3.79. The molecule has 0 saturated heterocycles. The molecule has 0 aromatic rings. The summed E-state index contributed by atoms with van der Waals surface area (Å²) in [4.78, 5) is 4.51. The van der Waals surface area contributed by atoms with E-state index in [4.69, 9.17) is 5.90 Å². The van der Waals surface area contributed by atoms with E-state index in [1.807, 2.05) is 32.1 Å². The van der Waals surface area contributed by atoms with Crippen molar-refractivity contribution in [2.75, 3.05) is 0 Å². The predicted octanol–water partition coefficient (Wildman–Crippen LogP) is 1.75. The molecule has 52 valence electrons. The molecule has 0 aliphatic rings. The summed E-state index contributed by atoms with van der Waals surface area (Å²) in [6, 6.07) is 0. The highest BCUT2D eigenvalue weighted by atomic mass is 16.6. The van der Waals surface area contributed by atoms with Crippen LogP contribution < -0.4 is 5.90 Å². The molecule has 0 fully saturated rings. The fourth-order valence-corrected chi connectivity index (χ4v) is 0.521. The summed E-state index contributed by atoms with van der Waals surface area (Å²) in [5.74, 6) is 5.65. The zero-order chi connectivity index (χ0) is 7.11. The number of allylic oxidation sites excluding steroid dienone is 3. The van der Waals surface area contributed by atoms with E-state index in [0.29, 0.717) is 0 Å². The van der Waals surface area contributed by atoms with Gasteiger partial charge in [-0.15, -0.1) is 0 Å². The Bertz CT molecular complexity index is 116. The number of nitrogens with two attached hydrogens (primary N) is 1. The lowest BCUT2D eigenvalue weighted by Crippen LogP contribution is -1.95. The molecule has 0 atom stereocenters. The smallest absolute Gasteiger partial charge is 0.142 e. The molecule has 0 amide bonds. The summed E-state index contributed by atoms with van der Waals surface area (Å²) < 4.78 is 0. The molecule has 0 heterocycles. The van der Waals surface area contributed by atoms with Crippen LogP contribution in [0.2, 0.25) is 0 Å². The van der Waals surface area contributed by atoms with Gasteiger partial charge in [0.05, 0.1) is 0 Å². The molecule has 2 nitrogen and oxygen atoms in total. The summed E-state index contributed by atoms with van der Waals surface area (Å²) in [6.07, 6.45) is 6.56. The van der Waals surface area contributed by atoms with Gasteiger partial charge in [0.25, 0.3) is 0 Å². The van der Waals surface area contributed by atoms with Crippen LogP contribution in [0.25, 0.3) is 0 Å². The fourth-order valence-electron chi connectivity index (χ4n) is 0.521. The van der Waals surface area contributed by atoms with E-state index in [1.54, 1.807) is 0 Å². The van der Waals surface area contributed by atoms with Crippen LogP contribution >= 0.6 is 0 Å². The first kappa shape index (κ1) is 8.24. The van der Waals surface area contributed by atoms with Gasteiger partial charge in [0.1, 0.15) is 5.76 Å². The van der Waals surface area contributed by atoms with E-state index in [-0.39, 0.29) is 0 Å². The highest BCUT2D eigenvalue weighted by Crippen LogP contribution is 1.96. The lowest BCUT2D eigenvalue weighted by atomic mass is 10.3. The Morgan fingerprint density at radius 2 is 2.33 bits per heavy atom. The third-order valence-electron chi connectivity index (χ3n) is 0.872. The molecule has 0 saturated carbocycles. The predicted molar refractivity (Wildman–Crippen MR) is 38.5 cm³/mol. The fraction of sp³-hybridized carbons (Fsp3) is 0.429. The van der Waals surface area contributed by atoms with Gasteiger partial charge < -0.3 is 4.84 Å². The lowest BCUT2D eigenvalue weighted by Gasteiger charge is -1.95. The van der Waals surface area contributed by atoms with Gasteiger partial charge in [-0.1, -0.05) is 13.0 Å². The molecule has 0 aliphatic carbocycles. The third-order valence-corrected chi connectivity index (χ3v) is 0.872. The Morgan fingerprint density at radius 1 is 1.67 bits per heavy atom. The van der Waals surface area contributed by atoms with Crippen molar-refractivity contribution in [3.8, 4) is 0 Å². The Labute approximate surface area is 56.0 Å². The van der Waals surface area contributed by atoms with Gasteiger partial charge in [-0.05, 0) is 25.5 Å². The molecule has 0 aliphatic heterocycles. The van der Waals surface area contributed by atoms with Crippen LogP contribution in [-0.2, 0) is 4.84 Å². The zero-order valence-electron chi connectivity index (χ0n) is 5.92. The summed E-state index contributed by atoms with van der Waals surface area (Å²) in [7, 11) is 0. The summed E-state index contributed by atoms with van der Waals surface area (Å²) >= 11 is 0. The second-order valence-corrected chi connectivity index (χ2v) is 1.63. The average molecular weight is 127 g/mol. The van der Waals surface area contributed by atoms with Crippen LogP contribution in [0.15, 0.2) is 24.0 Å². The minimum atomic E-state index is 0.722. The van der Waals surface area contributed by atoms with Crippen molar-refractivity contribution in [1.29, 1.82) is 0 Å². The first-order valence-electron chi connectivity index (χ1n) is 3.04. The summed E-state index contributed by atoms with van der Waals surface area (Å²) in [5, 5.41) is 0. The maximum absolute atomic E-state index is 4.93. The molecule has 0 radical (unpaired) electrons. The monoisotopic (exact) mass is 127 g/mol. The Morgan fingerprint density at radius 3 is 2.67 bits per heavy atom. The first-order valence-corrected chi connectivity index (χ1v) is 3.04. The molecule has 2 heteroatoms. The van der Waals surface area contributed by atoms with Crippen LogP contribution in [0.1, 0.15) is 20.3 Å². The SMILES string of the molecule is C/C=C\C(=C/CC)ON. The summed E-state index contributed by atoms with van der Waals surface area (Å²) in [5.41, 5.74) is 0. The molecule has 0 rings (SSSR count). The van der Waals surface area contributed by atoms with Gasteiger partial charge in [-0.2, -0.15) is 5.90 Å². The van der Waals surface area contributed by atoms with Gasteiger partial charge in [0.2, 0.25) is 0 Å². The normalized spacial score (nSPS) is 12.6. The van der Waals surface area contributed by atoms with E-state index in [2.05, 4.69) is 4.84 Å². The van der Waals surface area contributed by atoms with Crippen molar-refractivity contribution in [2.24, 2.45) is 5.90 Å². The van der Waals surface area contributed by atoms with Crippen molar-refractivity contribution in [1.82, 2.24) is 0 Å². The second kappa shape index (κ2) is 5.38. The molecule has 0 unspecified atom stereocenters. The van der Waals surface area contributed by atoms with Crippen molar-refractivity contribution in [3.05, 3.63) is 24.0 Å². The molecule has 0 bridgehead atoms. The summed E-state index contributed by atoms with van der Waals surface area (Å²) in [6.45, 7) is 3.95. The van der Waals surface area contributed by atoms with E-state index < -0.39 is 0 Å². The molecule has 9 heavy (non-hydrogen) atoms. The average Bonchev–Trinajstić information content (AvgIpc) is 1.88. The van der Waals surface area contributed by atoms with E-state index >= 15 is 0 Å². The van der Waals surface area contributed by atoms with Crippen LogP contribution in [0.4, 0.5) is 0 Å². The van der Waals surface area contributed by atoms with Crippen molar-refractivity contribution in [3.63, 3.8) is 0 Å².